The molecule has 0 spiro atoms. The Kier molecular flexibility index (Phi) is 4.59. The van der Waals surface area contributed by atoms with Crippen molar-refractivity contribution in [1.29, 1.82) is 0 Å². The molecule has 0 saturated heterocycles. The van der Waals surface area contributed by atoms with Crippen LogP contribution in [-0.2, 0) is 16.1 Å². The van der Waals surface area contributed by atoms with E-state index in [-0.39, 0.29) is 16.6 Å². The molecule has 2 aromatic carbocycles. The Bertz CT molecular complexity index is 1380. The number of ether oxygens (including phenoxy) is 1. The van der Waals surface area contributed by atoms with E-state index in [2.05, 4.69) is 10.1 Å². The average Bonchev–Trinajstić information content (AvgIpc) is 3.06. The summed E-state index contributed by atoms with van der Waals surface area (Å²) in [4.78, 5) is 52.4. The summed E-state index contributed by atoms with van der Waals surface area (Å²) >= 11 is 0. The third-order valence-electron chi connectivity index (χ3n) is 4.71. The van der Waals surface area contributed by atoms with Crippen molar-refractivity contribution in [3.63, 3.8) is 0 Å². The highest BCUT2D eigenvalue weighted by Gasteiger charge is 2.18. The number of nitrogens with one attached hydrogen (secondary N) is 2. The number of para-hydroxylation sites is 1. The number of ketones is 1. The van der Waals surface area contributed by atoms with Gasteiger partial charge >= 0.3 is 5.97 Å². The smallest absolute Gasteiger partial charge is 0.328 e. The predicted octanol–water partition coefficient (Wildman–Crippen LogP) is 1.91. The van der Waals surface area contributed by atoms with Gasteiger partial charge in [-0.15, -0.1) is 0 Å². The van der Waals surface area contributed by atoms with Crippen molar-refractivity contribution in [3.8, 4) is 0 Å². The number of aromatic nitrogens is 3. The lowest BCUT2D eigenvalue weighted by molar-refractivity contribution is -0.143. The first-order chi connectivity index (χ1) is 14.0. The maximum absolute atomic E-state index is 12.6. The average molecular weight is 391 g/mol. The maximum Gasteiger partial charge on any atom is 0.328 e. The topological polar surface area (TPSA) is 114 Å². The van der Waals surface area contributed by atoms with Crippen molar-refractivity contribution < 1.29 is 14.3 Å². The van der Waals surface area contributed by atoms with E-state index < -0.39 is 30.2 Å². The van der Waals surface area contributed by atoms with Crippen LogP contribution in [0.4, 0.5) is 0 Å². The largest absolute Gasteiger partial charge is 0.456 e. The first kappa shape index (κ1) is 18.4. The minimum absolute atomic E-state index is 0.203. The quantitative estimate of drug-likeness (QED) is 0.398. The Morgan fingerprint density at radius 3 is 2.38 bits per heavy atom. The molecule has 8 heteroatoms. The van der Waals surface area contributed by atoms with Gasteiger partial charge in [0, 0.05) is 22.2 Å². The van der Waals surface area contributed by atoms with E-state index in [1.165, 1.54) is 12.1 Å². The van der Waals surface area contributed by atoms with E-state index in [0.29, 0.717) is 11.3 Å². The molecule has 0 amide bonds. The number of nitrogens with zero attached hydrogens (tertiary/aromatic N) is 1. The molecule has 0 saturated carbocycles. The van der Waals surface area contributed by atoms with Crippen molar-refractivity contribution in [3.05, 3.63) is 80.5 Å². The number of carbonyl (C=O) groups is 2. The van der Waals surface area contributed by atoms with Crippen LogP contribution in [0.1, 0.15) is 16.1 Å². The number of fused-ring (bicyclic) bond motifs is 2. The van der Waals surface area contributed by atoms with Crippen LogP contribution in [-0.4, -0.2) is 33.1 Å². The van der Waals surface area contributed by atoms with E-state index in [1.54, 1.807) is 19.1 Å². The molecule has 146 valence electrons. The van der Waals surface area contributed by atoms with E-state index in [4.69, 9.17) is 4.74 Å². The number of aryl methyl sites for hydroxylation is 1. The second-order valence-corrected chi connectivity index (χ2v) is 6.63. The molecule has 4 aromatic rings. The lowest BCUT2D eigenvalue weighted by Crippen LogP contribution is -2.33. The van der Waals surface area contributed by atoms with Gasteiger partial charge in [0.2, 0.25) is 5.78 Å². The molecule has 0 aliphatic carbocycles. The minimum atomic E-state index is -0.802. The molecule has 2 N–H and O–H groups in total. The molecule has 29 heavy (non-hydrogen) atoms. The number of H-pyrrole nitrogens is 2. The molecular weight excluding hydrogens is 374 g/mol. The second kappa shape index (κ2) is 7.23. The zero-order chi connectivity index (χ0) is 20.5. The fourth-order valence-electron chi connectivity index (χ4n) is 3.39. The summed E-state index contributed by atoms with van der Waals surface area (Å²) in [5, 5.41) is 3.55. The van der Waals surface area contributed by atoms with E-state index >= 15 is 0 Å². The first-order valence-electron chi connectivity index (χ1n) is 8.93. The second-order valence-electron chi connectivity index (χ2n) is 6.63. The maximum atomic E-state index is 12.6. The highest BCUT2D eigenvalue weighted by molar-refractivity contribution is 6.10. The highest BCUT2D eigenvalue weighted by atomic mass is 16.5. The number of hydrogen-bond donors (Lipinski definition) is 2. The number of carbonyl (C=O) groups excluding carboxylic acids is 2. The van der Waals surface area contributed by atoms with Crippen LogP contribution in [0.5, 0.6) is 0 Å². The van der Waals surface area contributed by atoms with Crippen LogP contribution in [0, 0.1) is 6.92 Å². The molecule has 0 bridgehead atoms. The van der Waals surface area contributed by atoms with Crippen LogP contribution in [0.3, 0.4) is 0 Å². The van der Waals surface area contributed by atoms with Gasteiger partial charge in [-0.05, 0) is 25.1 Å². The zero-order valence-electron chi connectivity index (χ0n) is 15.5. The minimum Gasteiger partial charge on any atom is -0.456 e. The fraction of sp³-hybridized carbons (Fsp3) is 0.143. The summed E-state index contributed by atoms with van der Waals surface area (Å²) < 4.78 is 5.94. The van der Waals surface area contributed by atoms with Crippen molar-refractivity contribution in [1.82, 2.24) is 14.8 Å². The van der Waals surface area contributed by atoms with Crippen LogP contribution >= 0.6 is 0 Å². The van der Waals surface area contributed by atoms with Gasteiger partial charge in [0.15, 0.2) is 6.61 Å². The van der Waals surface area contributed by atoms with Gasteiger partial charge < -0.3 is 9.72 Å². The van der Waals surface area contributed by atoms with Gasteiger partial charge in [-0.2, -0.15) is 0 Å². The summed E-state index contributed by atoms with van der Waals surface area (Å²) in [5.74, 6) is -1.16. The van der Waals surface area contributed by atoms with Gasteiger partial charge in [0.25, 0.3) is 11.1 Å². The van der Waals surface area contributed by atoms with Gasteiger partial charge in [-0.25, -0.2) is 4.68 Å². The normalized spacial score (nSPS) is 11.1. The summed E-state index contributed by atoms with van der Waals surface area (Å²) in [7, 11) is 0. The molecule has 0 unspecified atom stereocenters. The molecule has 2 heterocycles. The predicted molar refractivity (Wildman–Crippen MR) is 107 cm³/mol. The Hall–Kier alpha value is -3.94. The van der Waals surface area contributed by atoms with Crippen LogP contribution in [0.25, 0.3) is 21.7 Å². The third kappa shape index (κ3) is 3.36. The highest BCUT2D eigenvalue weighted by Crippen LogP contribution is 2.22. The van der Waals surface area contributed by atoms with Gasteiger partial charge in [-0.3, -0.25) is 24.3 Å². The Labute approximate surface area is 163 Å². The number of esters is 1. The van der Waals surface area contributed by atoms with E-state index in [1.807, 2.05) is 24.3 Å². The number of hydrogen-bond acceptors (Lipinski definition) is 5. The summed E-state index contributed by atoms with van der Waals surface area (Å²) in [6.45, 7) is 0.807. The lowest BCUT2D eigenvalue weighted by Gasteiger charge is -2.08. The van der Waals surface area contributed by atoms with Crippen LogP contribution < -0.4 is 11.1 Å². The Morgan fingerprint density at radius 1 is 0.966 bits per heavy atom. The molecule has 2 aromatic heterocycles. The number of Topliss-reactive ketones (excluding diaryl/α,β-unsaturated/α-hetero) is 1. The zero-order valence-corrected chi connectivity index (χ0v) is 15.5. The first-order valence-corrected chi connectivity index (χ1v) is 8.93. The number of benzene rings is 2. The monoisotopic (exact) mass is 391 g/mol. The SMILES string of the molecule is Cc1[nH]c2ccccc2c1C(=O)COC(=O)Cn1[nH]c(=O)c2ccccc2c1=O. The summed E-state index contributed by atoms with van der Waals surface area (Å²) in [6.07, 6.45) is 0. The van der Waals surface area contributed by atoms with Crippen LogP contribution in [0.15, 0.2) is 58.1 Å². The van der Waals surface area contributed by atoms with Crippen molar-refractivity contribution in [2.24, 2.45) is 0 Å². The molecule has 8 nitrogen and oxygen atoms in total. The molecule has 0 radical (unpaired) electrons. The van der Waals surface area contributed by atoms with Gasteiger partial charge in [0.1, 0.15) is 6.54 Å². The van der Waals surface area contributed by atoms with Crippen LogP contribution in [0.2, 0.25) is 0 Å². The molecule has 0 aliphatic rings. The number of rotatable bonds is 5. The van der Waals surface area contributed by atoms with Crippen molar-refractivity contribution in [2.75, 3.05) is 6.61 Å². The Balaban J connectivity index is 1.51. The summed E-state index contributed by atoms with van der Waals surface area (Å²) in [5.41, 5.74) is 0.960. The molecule has 0 atom stereocenters. The van der Waals surface area contributed by atoms with Crippen molar-refractivity contribution >= 4 is 33.4 Å². The van der Waals surface area contributed by atoms with Gasteiger partial charge in [-0.1, -0.05) is 30.3 Å². The molecule has 4 rings (SSSR count). The summed E-state index contributed by atoms with van der Waals surface area (Å²) in [6, 6.07) is 13.7. The lowest BCUT2D eigenvalue weighted by atomic mass is 10.1. The fourth-order valence-corrected chi connectivity index (χ4v) is 3.39. The third-order valence-corrected chi connectivity index (χ3v) is 4.71. The standard InChI is InChI=1S/C21H17N3O5/c1-12-19(15-8-4-5-9-16(15)22-12)17(25)11-29-18(26)10-24-21(28)14-7-3-2-6-13(14)20(27)23-24/h2-9,22H,10-11H2,1H3,(H,23,27). The van der Waals surface area contributed by atoms with Crippen molar-refractivity contribution in [2.45, 2.75) is 13.5 Å². The number of aromatic amines is 2. The van der Waals surface area contributed by atoms with Gasteiger partial charge in [0.05, 0.1) is 10.8 Å². The van der Waals surface area contributed by atoms with E-state index in [0.717, 1.165) is 15.6 Å². The molecular formula is C21H17N3O5. The molecule has 0 aliphatic heterocycles. The molecule has 0 fully saturated rings. The van der Waals surface area contributed by atoms with E-state index in [9.17, 15) is 19.2 Å². The Morgan fingerprint density at radius 2 is 1.62 bits per heavy atom.